The zero-order chi connectivity index (χ0) is 24.6. The van der Waals surface area contributed by atoms with Crippen LogP contribution in [0, 0.1) is 0 Å². The summed E-state index contributed by atoms with van der Waals surface area (Å²) in [4.78, 5) is 40.4. The van der Waals surface area contributed by atoms with E-state index in [1.165, 1.54) is 11.0 Å². The summed E-state index contributed by atoms with van der Waals surface area (Å²) >= 11 is 0. The Morgan fingerprint density at radius 3 is 2.36 bits per heavy atom. The summed E-state index contributed by atoms with van der Waals surface area (Å²) in [6.45, 7) is 8.68. The number of carbonyl (C=O) groups is 3. The number of hydrogen-bond donors (Lipinski definition) is 3. The van der Waals surface area contributed by atoms with Crippen molar-refractivity contribution in [1.29, 1.82) is 0 Å². The van der Waals surface area contributed by atoms with Gasteiger partial charge in [-0.3, -0.25) is 9.59 Å². The van der Waals surface area contributed by atoms with Gasteiger partial charge in [0, 0.05) is 17.6 Å². The van der Waals surface area contributed by atoms with Gasteiger partial charge >= 0.3 is 6.09 Å². The summed E-state index contributed by atoms with van der Waals surface area (Å²) in [5, 5.41) is 16.2. The molecule has 1 aromatic rings. The average Bonchev–Trinajstić information content (AvgIpc) is 2.75. The van der Waals surface area contributed by atoms with Crippen LogP contribution in [-0.2, 0) is 14.3 Å². The minimum atomic E-state index is -1.02. The number of ether oxygens (including phenoxy) is 1. The minimum Gasteiger partial charge on any atom is -0.508 e. The van der Waals surface area contributed by atoms with Crippen LogP contribution in [0.2, 0.25) is 0 Å². The van der Waals surface area contributed by atoms with Crippen LogP contribution in [0.5, 0.6) is 5.75 Å². The van der Waals surface area contributed by atoms with Gasteiger partial charge in [0.1, 0.15) is 23.9 Å². The van der Waals surface area contributed by atoms with Crippen LogP contribution < -0.4 is 10.6 Å². The van der Waals surface area contributed by atoms with Crippen LogP contribution in [0.25, 0.3) is 0 Å². The highest BCUT2D eigenvalue weighted by atomic mass is 16.6. The Morgan fingerprint density at radius 1 is 1.15 bits per heavy atom. The molecule has 2 rings (SSSR count). The zero-order valence-electron chi connectivity index (χ0n) is 20.5. The van der Waals surface area contributed by atoms with Crippen LogP contribution in [-0.4, -0.2) is 52.1 Å². The molecule has 1 aromatic carbocycles. The Kier molecular flexibility index (Phi) is 9.56. The van der Waals surface area contributed by atoms with E-state index in [-0.39, 0.29) is 30.3 Å². The zero-order valence-corrected chi connectivity index (χ0v) is 20.5. The van der Waals surface area contributed by atoms with E-state index in [4.69, 9.17) is 4.74 Å². The van der Waals surface area contributed by atoms with Gasteiger partial charge in [-0.05, 0) is 53.0 Å². The molecule has 3 amide bonds. The SMILES string of the molecule is CCC(C)N(C(=O)CNC(=O)OC(C)(C)C)C(C(=O)NC1CCCCC1)c1ccccc1O. The molecule has 8 nitrogen and oxygen atoms in total. The fraction of sp³-hybridized carbons (Fsp3) is 0.640. The number of aromatic hydroxyl groups is 1. The first-order chi connectivity index (χ1) is 15.5. The van der Waals surface area contributed by atoms with Crippen molar-refractivity contribution in [2.75, 3.05) is 6.54 Å². The van der Waals surface area contributed by atoms with Crippen molar-refractivity contribution in [3.8, 4) is 5.75 Å². The lowest BCUT2D eigenvalue weighted by molar-refractivity contribution is -0.143. The Labute approximate surface area is 197 Å². The maximum atomic E-state index is 13.5. The van der Waals surface area contributed by atoms with E-state index in [1.807, 2.05) is 13.8 Å². The second-order valence-corrected chi connectivity index (χ2v) is 9.72. The van der Waals surface area contributed by atoms with Gasteiger partial charge in [0.05, 0.1) is 0 Å². The van der Waals surface area contributed by atoms with E-state index in [2.05, 4.69) is 10.6 Å². The van der Waals surface area contributed by atoms with Crippen LogP contribution in [0.15, 0.2) is 24.3 Å². The molecule has 0 aliphatic heterocycles. The molecular weight excluding hydrogens is 422 g/mol. The first-order valence-corrected chi connectivity index (χ1v) is 11.9. The number of carbonyl (C=O) groups excluding carboxylic acids is 3. The standard InChI is InChI=1S/C25H39N3O5/c1-6-17(2)28(21(30)16-26-24(32)33-25(3,4)5)22(19-14-10-11-15-20(19)29)23(31)27-18-12-8-7-9-13-18/h10-11,14-15,17-18,22,29H,6-9,12-13,16H2,1-5H3,(H,26,32)(H,27,31). The lowest BCUT2D eigenvalue weighted by Gasteiger charge is -2.37. The Hall–Kier alpha value is -2.77. The fourth-order valence-corrected chi connectivity index (χ4v) is 4.06. The second-order valence-electron chi connectivity index (χ2n) is 9.72. The molecule has 184 valence electrons. The number of amides is 3. The molecule has 3 N–H and O–H groups in total. The van der Waals surface area contributed by atoms with E-state index >= 15 is 0 Å². The van der Waals surface area contributed by atoms with E-state index in [9.17, 15) is 19.5 Å². The Bertz CT molecular complexity index is 815. The lowest BCUT2D eigenvalue weighted by atomic mass is 9.94. The number of nitrogens with one attached hydrogen (secondary N) is 2. The fourth-order valence-electron chi connectivity index (χ4n) is 4.06. The van der Waals surface area contributed by atoms with Gasteiger partial charge in [0.2, 0.25) is 11.8 Å². The van der Waals surface area contributed by atoms with Crippen molar-refractivity contribution in [2.24, 2.45) is 0 Å². The maximum Gasteiger partial charge on any atom is 0.408 e. The average molecular weight is 462 g/mol. The highest BCUT2D eigenvalue weighted by Gasteiger charge is 2.36. The number of nitrogens with zero attached hydrogens (tertiary/aromatic N) is 1. The highest BCUT2D eigenvalue weighted by molar-refractivity contribution is 5.91. The third-order valence-electron chi connectivity index (χ3n) is 5.85. The number of phenolic OH excluding ortho intramolecular Hbond substituents is 1. The molecule has 1 fully saturated rings. The minimum absolute atomic E-state index is 0.0494. The third kappa shape index (κ3) is 7.94. The number of hydrogen-bond acceptors (Lipinski definition) is 5. The summed E-state index contributed by atoms with van der Waals surface area (Å²) in [5.74, 6) is -0.806. The van der Waals surface area contributed by atoms with E-state index in [0.717, 1.165) is 32.1 Å². The van der Waals surface area contributed by atoms with Crippen LogP contribution in [0.1, 0.15) is 84.7 Å². The van der Waals surface area contributed by atoms with E-state index in [1.54, 1.807) is 39.0 Å². The van der Waals surface area contributed by atoms with Crippen molar-refractivity contribution in [2.45, 2.75) is 96.9 Å². The molecule has 0 heterocycles. The van der Waals surface area contributed by atoms with Crippen molar-refractivity contribution in [3.05, 3.63) is 29.8 Å². The molecule has 1 aliphatic carbocycles. The number of benzene rings is 1. The molecule has 2 atom stereocenters. The molecular formula is C25H39N3O5. The van der Waals surface area contributed by atoms with Crippen molar-refractivity contribution < 1.29 is 24.2 Å². The summed E-state index contributed by atoms with van der Waals surface area (Å²) in [5.41, 5.74) is -0.335. The second kappa shape index (κ2) is 11.9. The molecule has 33 heavy (non-hydrogen) atoms. The molecule has 2 unspecified atom stereocenters. The van der Waals surface area contributed by atoms with Crippen LogP contribution >= 0.6 is 0 Å². The molecule has 0 bridgehead atoms. The predicted octanol–water partition coefficient (Wildman–Crippen LogP) is 4.03. The van der Waals surface area contributed by atoms with E-state index < -0.39 is 23.6 Å². The molecule has 0 radical (unpaired) electrons. The highest BCUT2D eigenvalue weighted by Crippen LogP contribution is 2.32. The van der Waals surface area contributed by atoms with Gasteiger partial charge in [-0.15, -0.1) is 0 Å². The number of alkyl carbamates (subject to hydrolysis) is 1. The monoisotopic (exact) mass is 461 g/mol. The number of para-hydroxylation sites is 1. The summed E-state index contributed by atoms with van der Waals surface area (Å²) in [7, 11) is 0. The summed E-state index contributed by atoms with van der Waals surface area (Å²) in [6.07, 6.45) is 4.96. The Morgan fingerprint density at radius 2 is 1.79 bits per heavy atom. The van der Waals surface area contributed by atoms with Crippen molar-refractivity contribution in [1.82, 2.24) is 15.5 Å². The third-order valence-corrected chi connectivity index (χ3v) is 5.85. The molecule has 0 spiro atoms. The first kappa shape index (κ1) is 26.5. The van der Waals surface area contributed by atoms with Gasteiger partial charge in [0.25, 0.3) is 0 Å². The summed E-state index contributed by atoms with van der Waals surface area (Å²) < 4.78 is 5.23. The van der Waals surface area contributed by atoms with Crippen LogP contribution in [0.3, 0.4) is 0 Å². The Balaban J connectivity index is 2.31. The van der Waals surface area contributed by atoms with Crippen LogP contribution in [0.4, 0.5) is 4.79 Å². The molecule has 1 aliphatic rings. The van der Waals surface area contributed by atoms with Gasteiger partial charge in [-0.25, -0.2) is 4.79 Å². The predicted molar refractivity (Wildman–Crippen MR) is 127 cm³/mol. The molecule has 1 saturated carbocycles. The first-order valence-electron chi connectivity index (χ1n) is 11.9. The quantitative estimate of drug-likeness (QED) is 0.542. The van der Waals surface area contributed by atoms with Gasteiger partial charge < -0.3 is 25.4 Å². The summed E-state index contributed by atoms with van der Waals surface area (Å²) in [6, 6.07) is 5.30. The normalized spacial score (nSPS) is 16.4. The van der Waals surface area contributed by atoms with Crippen molar-refractivity contribution >= 4 is 17.9 Å². The number of rotatable bonds is 8. The largest absolute Gasteiger partial charge is 0.508 e. The van der Waals surface area contributed by atoms with E-state index in [0.29, 0.717) is 12.0 Å². The van der Waals surface area contributed by atoms with Gasteiger partial charge in [0.15, 0.2) is 0 Å². The van der Waals surface area contributed by atoms with Gasteiger partial charge in [-0.1, -0.05) is 44.4 Å². The topological polar surface area (TPSA) is 108 Å². The lowest BCUT2D eigenvalue weighted by Crippen LogP contribution is -2.52. The maximum absolute atomic E-state index is 13.5. The van der Waals surface area contributed by atoms with Gasteiger partial charge in [-0.2, -0.15) is 0 Å². The smallest absolute Gasteiger partial charge is 0.408 e. The molecule has 0 aromatic heterocycles. The molecule has 8 heteroatoms. The molecule has 0 saturated heterocycles. The number of phenols is 1. The van der Waals surface area contributed by atoms with Crippen molar-refractivity contribution in [3.63, 3.8) is 0 Å².